The molecule has 19 heavy (non-hydrogen) atoms. The van der Waals surface area contributed by atoms with Crippen molar-refractivity contribution in [3.63, 3.8) is 0 Å². The van der Waals surface area contributed by atoms with Gasteiger partial charge in [-0.05, 0) is 45.1 Å². The van der Waals surface area contributed by atoms with E-state index < -0.39 is 0 Å². The SMILES string of the molecule is Cc1cn([C@H]2CC[C@H](N3CCOCC3)CC2)nc1C. The maximum atomic E-state index is 5.44. The summed E-state index contributed by atoms with van der Waals surface area (Å²) in [4.78, 5) is 2.62. The highest BCUT2D eigenvalue weighted by atomic mass is 16.5. The van der Waals surface area contributed by atoms with Gasteiger partial charge in [0.25, 0.3) is 0 Å². The van der Waals surface area contributed by atoms with Crippen LogP contribution >= 0.6 is 0 Å². The zero-order chi connectivity index (χ0) is 13.2. The summed E-state index contributed by atoms with van der Waals surface area (Å²) in [5.74, 6) is 0. The molecular formula is C15H25N3O. The van der Waals surface area contributed by atoms with Crippen LogP contribution in [0.25, 0.3) is 0 Å². The molecule has 4 heteroatoms. The summed E-state index contributed by atoms with van der Waals surface area (Å²) in [5, 5.41) is 4.65. The van der Waals surface area contributed by atoms with Gasteiger partial charge >= 0.3 is 0 Å². The molecule has 1 saturated heterocycles. The van der Waals surface area contributed by atoms with Crippen LogP contribution in [0.15, 0.2) is 6.20 Å². The zero-order valence-electron chi connectivity index (χ0n) is 12.1. The molecule has 3 rings (SSSR count). The van der Waals surface area contributed by atoms with Crippen molar-refractivity contribution in [1.82, 2.24) is 14.7 Å². The second-order valence-corrected chi connectivity index (χ2v) is 5.99. The van der Waals surface area contributed by atoms with Gasteiger partial charge in [-0.2, -0.15) is 5.10 Å². The molecule has 0 N–H and O–H groups in total. The monoisotopic (exact) mass is 263 g/mol. The molecule has 0 atom stereocenters. The molecule has 0 radical (unpaired) electrons. The van der Waals surface area contributed by atoms with Gasteiger partial charge in [0, 0.05) is 25.3 Å². The summed E-state index contributed by atoms with van der Waals surface area (Å²) >= 11 is 0. The second-order valence-electron chi connectivity index (χ2n) is 5.99. The van der Waals surface area contributed by atoms with E-state index in [-0.39, 0.29) is 0 Å². The fourth-order valence-corrected chi connectivity index (χ4v) is 3.39. The number of nitrogens with zero attached hydrogens (tertiary/aromatic N) is 3. The number of rotatable bonds is 2. The van der Waals surface area contributed by atoms with Crippen LogP contribution in [0.4, 0.5) is 0 Å². The third-order valence-electron chi connectivity index (χ3n) is 4.76. The van der Waals surface area contributed by atoms with E-state index in [0.29, 0.717) is 6.04 Å². The Hall–Kier alpha value is -0.870. The first kappa shape index (κ1) is 13.1. The van der Waals surface area contributed by atoms with Crippen molar-refractivity contribution in [3.8, 4) is 0 Å². The molecule has 2 fully saturated rings. The van der Waals surface area contributed by atoms with Crippen molar-refractivity contribution >= 4 is 0 Å². The Labute approximate surface area is 115 Å². The van der Waals surface area contributed by atoms with Crippen LogP contribution < -0.4 is 0 Å². The lowest BCUT2D eigenvalue weighted by molar-refractivity contribution is 0.00505. The third-order valence-corrected chi connectivity index (χ3v) is 4.76. The number of hydrogen-bond donors (Lipinski definition) is 0. The summed E-state index contributed by atoms with van der Waals surface area (Å²) in [6, 6.07) is 1.39. The Morgan fingerprint density at radius 3 is 2.26 bits per heavy atom. The van der Waals surface area contributed by atoms with Gasteiger partial charge in [-0.15, -0.1) is 0 Å². The molecule has 1 aromatic rings. The van der Waals surface area contributed by atoms with Crippen molar-refractivity contribution in [2.75, 3.05) is 26.3 Å². The van der Waals surface area contributed by atoms with Crippen molar-refractivity contribution in [2.45, 2.75) is 51.6 Å². The highest BCUT2D eigenvalue weighted by molar-refractivity contribution is 5.13. The third kappa shape index (κ3) is 2.84. The Morgan fingerprint density at radius 2 is 1.68 bits per heavy atom. The quantitative estimate of drug-likeness (QED) is 0.820. The first-order chi connectivity index (χ1) is 9.24. The van der Waals surface area contributed by atoms with Gasteiger partial charge in [-0.25, -0.2) is 0 Å². The number of aromatic nitrogens is 2. The molecule has 2 aliphatic rings. The smallest absolute Gasteiger partial charge is 0.0622 e. The van der Waals surface area contributed by atoms with E-state index in [1.807, 2.05) is 0 Å². The summed E-state index contributed by atoms with van der Waals surface area (Å²) in [6.07, 6.45) is 7.37. The maximum absolute atomic E-state index is 5.44. The van der Waals surface area contributed by atoms with Gasteiger partial charge in [0.1, 0.15) is 0 Å². The topological polar surface area (TPSA) is 30.3 Å². The van der Waals surface area contributed by atoms with Crippen molar-refractivity contribution in [3.05, 3.63) is 17.5 Å². The minimum Gasteiger partial charge on any atom is -0.379 e. The molecule has 0 unspecified atom stereocenters. The van der Waals surface area contributed by atoms with Crippen LogP contribution in [0, 0.1) is 13.8 Å². The number of hydrogen-bond acceptors (Lipinski definition) is 3. The standard InChI is InChI=1S/C15H25N3O/c1-12-11-18(16-13(12)2)15-5-3-14(4-6-15)17-7-9-19-10-8-17/h11,14-15H,3-10H2,1-2H3/t14-,15-. The molecule has 1 saturated carbocycles. The molecule has 1 aromatic heterocycles. The maximum Gasteiger partial charge on any atom is 0.0622 e. The summed E-state index contributed by atoms with van der Waals surface area (Å²) in [7, 11) is 0. The number of morpholine rings is 1. The summed E-state index contributed by atoms with van der Waals surface area (Å²) in [5.41, 5.74) is 2.49. The lowest BCUT2D eigenvalue weighted by Gasteiger charge is -2.38. The van der Waals surface area contributed by atoms with Gasteiger partial charge in [-0.1, -0.05) is 0 Å². The average molecular weight is 263 g/mol. The lowest BCUT2D eigenvalue weighted by Crippen LogP contribution is -2.45. The molecule has 1 aliphatic heterocycles. The first-order valence-electron chi connectivity index (χ1n) is 7.58. The van der Waals surface area contributed by atoms with Crippen LogP contribution in [0.2, 0.25) is 0 Å². The Morgan fingerprint density at radius 1 is 1.05 bits per heavy atom. The zero-order valence-corrected chi connectivity index (χ0v) is 12.1. The van der Waals surface area contributed by atoms with Crippen LogP contribution in [-0.2, 0) is 4.74 Å². The van der Waals surface area contributed by atoms with E-state index in [1.54, 1.807) is 0 Å². The molecule has 0 aromatic carbocycles. The minimum absolute atomic E-state index is 0.615. The van der Waals surface area contributed by atoms with Crippen molar-refractivity contribution in [2.24, 2.45) is 0 Å². The molecule has 0 bridgehead atoms. The van der Waals surface area contributed by atoms with Crippen LogP contribution in [0.1, 0.15) is 43.0 Å². The highest BCUT2D eigenvalue weighted by Crippen LogP contribution is 2.31. The molecule has 2 heterocycles. The lowest BCUT2D eigenvalue weighted by atomic mass is 9.90. The van der Waals surface area contributed by atoms with E-state index in [9.17, 15) is 0 Å². The largest absolute Gasteiger partial charge is 0.379 e. The molecule has 106 valence electrons. The van der Waals surface area contributed by atoms with E-state index in [4.69, 9.17) is 4.74 Å². The van der Waals surface area contributed by atoms with Gasteiger partial charge in [0.2, 0.25) is 0 Å². The summed E-state index contributed by atoms with van der Waals surface area (Å²) in [6.45, 7) is 8.32. The fraction of sp³-hybridized carbons (Fsp3) is 0.800. The fourth-order valence-electron chi connectivity index (χ4n) is 3.39. The number of aryl methyl sites for hydroxylation is 2. The van der Waals surface area contributed by atoms with Crippen LogP contribution in [0.5, 0.6) is 0 Å². The van der Waals surface area contributed by atoms with Crippen LogP contribution in [0.3, 0.4) is 0 Å². The molecule has 4 nitrogen and oxygen atoms in total. The molecular weight excluding hydrogens is 238 g/mol. The minimum atomic E-state index is 0.615. The predicted octanol–water partition coefficient (Wildman–Crippen LogP) is 2.32. The first-order valence-corrected chi connectivity index (χ1v) is 7.58. The molecule has 1 aliphatic carbocycles. The van der Waals surface area contributed by atoms with Crippen molar-refractivity contribution < 1.29 is 4.74 Å². The van der Waals surface area contributed by atoms with Crippen LogP contribution in [-0.4, -0.2) is 47.0 Å². The average Bonchev–Trinajstić information content (AvgIpc) is 2.80. The van der Waals surface area contributed by atoms with E-state index >= 15 is 0 Å². The van der Waals surface area contributed by atoms with Gasteiger partial charge in [0.15, 0.2) is 0 Å². The van der Waals surface area contributed by atoms with E-state index in [2.05, 4.69) is 34.7 Å². The number of ether oxygens (including phenoxy) is 1. The molecule has 0 amide bonds. The van der Waals surface area contributed by atoms with Crippen molar-refractivity contribution in [1.29, 1.82) is 0 Å². The normalized spacial score (nSPS) is 29.6. The predicted molar refractivity (Wildman–Crippen MR) is 75.4 cm³/mol. The Bertz CT molecular complexity index is 396. The van der Waals surface area contributed by atoms with Gasteiger partial charge in [-0.3, -0.25) is 9.58 Å². The van der Waals surface area contributed by atoms with E-state index in [1.165, 1.54) is 36.9 Å². The Balaban J connectivity index is 1.56. The van der Waals surface area contributed by atoms with Gasteiger partial charge < -0.3 is 4.74 Å². The Kier molecular flexibility index (Phi) is 3.89. The van der Waals surface area contributed by atoms with E-state index in [0.717, 1.165) is 32.3 Å². The second kappa shape index (κ2) is 5.63. The molecule has 0 spiro atoms. The highest BCUT2D eigenvalue weighted by Gasteiger charge is 2.28. The summed E-state index contributed by atoms with van der Waals surface area (Å²) < 4.78 is 7.65. The van der Waals surface area contributed by atoms with Gasteiger partial charge in [0.05, 0.1) is 24.9 Å².